The second kappa shape index (κ2) is 12.1. The number of nitrogens with zero attached hydrogens (tertiary/aromatic N) is 1. The molecule has 0 radical (unpaired) electrons. The Morgan fingerprint density at radius 2 is 1.59 bits per heavy atom. The SMILES string of the molecule is CCNC(=O)C(CC)N(Cc1ccccc1Cl)C(=O)CSCc1ccccc1Cl. The van der Waals surface area contributed by atoms with Crippen LogP contribution in [0.3, 0.4) is 0 Å². The summed E-state index contributed by atoms with van der Waals surface area (Å²) in [6.07, 6.45) is 0.525. The van der Waals surface area contributed by atoms with E-state index in [1.807, 2.05) is 56.3 Å². The van der Waals surface area contributed by atoms with E-state index in [1.165, 1.54) is 11.8 Å². The largest absolute Gasteiger partial charge is 0.355 e. The van der Waals surface area contributed by atoms with Gasteiger partial charge in [-0.05, 0) is 36.6 Å². The highest BCUT2D eigenvalue weighted by atomic mass is 35.5. The second-order valence-electron chi connectivity index (χ2n) is 6.52. The predicted octanol–water partition coefficient (Wildman–Crippen LogP) is 5.17. The van der Waals surface area contributed by atoms with E-state index in [4.69, 9.17) is 23.2 Å². The lowest BCUT2D eigenvalue weighted by Crippen LogP contribution is -2.49. The molecule has 0 aliphatic carbocycles. The third-order valence-corrected chi connectivity index (χ3v) is 6.18. The molecule has 2 aromatic carbocycles. The van der Waals surface area contributed by atoms with Crippen molar-refractivity contribution in [2.45, 2.75) is 38.6 Å². The number of benzene rings is 2. The molecule has 29 heavy (non-hydrogen) atoms. The lowest BCUT2D eigenvalue weighted by atomic mass is 10.1. The minimum Gasteiger partial charge on any atom is -0.355 e. The van der Waals surface area contributed by atoms with Gasteiger partial charge in [-0.25, -0.2) is 0 Å². The highest BCUT2D eigenvalue weighted by Crippen LogP contribution is 2.23. The van der Waals surface area contributed by atoms with Gasteiger partial charge in [0.25, 0.3) is 0 Å². The average molecular weight is 453 g/mol. The Morgan fingerprint density at radius 1 is 1.00 bits per heavy atom. The van der Waals surface area contributed by atoms with Crippen molar-refractivity contribution in [2.75, 3.05) is 12.3 Å². The van der Waals surface area contributed by atoms with Crippen molar-refractivity contribution < 1.29 is 9.59 Å². The molecule has 1 unspecified atom stereocenters. The van der Waals surface area contributed by atoms with Gasteiger partial charge < -0.3 is 10.2 Å². The van der Waals surface area contributed by atoms with Gasteiger partial charge in [0.05, 0.1) is 5.75 Å². The topological polar surface area (TPSA) is 49.4 Å². The van der Waals surface area contributed by atoms with Crippen LogP contribution in [-0.4, -0.2) is 35.1 Å². The van der Waals surface area contributed by atoms with Crippen LogP contribution in [0, 0.1) is 0 Å². The Labute approximate surface area is 187 Å². The minimum absolute atomic E-state index is 0.0972. The van der Waals surface area contributed by atoms with Gasteiger partial charge in [-0.1, -0.05) is 66.5 Å². The van der Waals surface area contributed by atoms with Crippen LogP contribution in [0.5, 0.6) is 0 Å². The monoisotopic (exact) mass is 452 g/mol. The van der Waals surface area contributed by atoms with Gasteiger partial charge in [0.1, 0.15) is 6.04 Å². The van der Waals surface area contributed by atoms with Crippen molar-refractivity contribution in [1.82, 2.24) is 10.2 Å². The summed E-state index contributed by atoms with van der Waals surface area (Å²) >= 11 is 14.0. The highest BCUT2D eigenvalue weighted by Gasteiger charge is 2.28. The summed E-state index contributed by atoms with van der Waals surface area (Å²) in [6.45, 7) is 4.58. The lowest BCUT2D eigenvalue weighted by Gasteiger charge is -2.30. The summed E-state index contributed by atoms with van der Waals surface area (Å²) in [5, 5.41) is 4.10. The summed E-state index contributed by atoms with van der Waals surface area (Å²) in [6, 6.07) is 14.4. The zero-order valence-electron chi connectivity index (χ0n) is 16.7. The number of carbonyl (C=O) groups is 2. The first-order valence-corrected chi connectivity index (χ1v) is 11.5. The van der Waals surface area contributed by atoms with Crippen molar-refractivity contribution in [2.24, 2.45) is 0 Å². The Bertz CT molecular complexity index is 832. The van der Waals surface area contributed by atoms with Gasteiger partial charge in [-0.3, -0.25) is 9.59 Å². The molecular formula is C22H26Cl2N2O2S. The molecule has 2 aromatic rings. The average Bonchev–Trinajstić information content (AvgIpc) is 2.70. The Hall–Kier alpha value is -1.69. The maximum atomic E-state index is 13.1. The van der Waals surface area contributed by atoms with Crippen LogP contribution in [-0.2, 0) is 21.9 Å². The third kappa shape index (κ3) is 6.95. The molecule has 0 fully saturated rings. The molecule has 0 saturated carbocycles. The smallest absolute Gasteiger partial charge is 0.242 e. The standard InChI is InChI=1S/C22H26Cl2N2O2S/c1-3-20(22(28)25-4-2)26(13-16-9-5-7-11-18(16)23)21(27)15-29-14-17-10-6-8-12-19(17)24/h5-12,20H,3-4,13-15H2,1-2H3,(H,25,28). The van der Waals surface area contributed by atoms with E-state index in [2.05, 4.69) is 5.32 Å². The first kappa shape index (κ1) is 23.6. The zero-order valence-corrected chi connectivity index (χ0v) is 19.0. The van der Waals surface area contributed by atoms with Gasteiger partial charge in [0, 0.05) is 28.9 Å². The Kier molecular flexibility index (Phi) is 9.85. The number of carbonyl (C=O) groups excluding carboxylic acids is 2. The van der Waals surface area contributed by atoms with E-state index < -0.39 is 6.04 Å². The molecule has 0 aromatic heterocycles. The number of thioether (sulfide) groups is 1. The lowest BCUT2D eigenvalue weighted by molar-refractivity contribution is -0.139. The van der Waals surface area contributed by atoms with Crippen LogP contribution in [0.4, 0.5) is 0 Å². The molecule has 2 rings (SSSR count). The quantitative estimate of drug-likeness (QED) is 0.540. The number of nitrogens with one attached hydrogen (secondary N) is 1. The molecule has 0 saturated heterocycles. The highest BCUT2D eigenvalue weighted by molar-refractivity contribution is 7.99. The first-order valence-electron chi connectivity index (χ1n) is 9.59. The third-order valence-electron chi connectivity index (χ3n) is 4.48. The molecular weight excluding hydrogens is 427 g/mol. The molecule has 1 atom stereocenters. The fourth-order valence-electron chi connectivity index (χ4n) is 2.97. The molecule has 156 valence electrons. The van der Waals surface area contributed by atoms with Gasteiger partial charge in [0.15, 0.2) is 0 Å². The molecule has 4 nitrogen and oxygen atoms in total. The van der Waals surface area contributed by atoms with Gasteiger partial charge in [-0.15, -0.1) is 11.8 Å². The van der Waals surface area contributed by atoms with Gasteiger partial charge in [-0.2, -0.15) is 0 Å². The summed E-state index contributed by atoms with van der Waals surface area (Å²) in [5.41, 5.74) is 1.81. The zero-order chi connectivity index (χ0) is 21.2. The maximum absolute atomic E-state index is 13.1. The van der Waals surface area contributed by atoms with E-state index in [1.54, 1.807) is 11.0 Å². The molecule has 0 spiro atoms. The number of likely N-dealkylation sites (N-methyl/N-ethyl adjacent to an activating group) is 1. The number of hydrogen-bond donors (Lipinski definition) is 1. The second-order valence-corrected chi connectivity index (χ2v) is 8.32. The van der Waals surface area contributed by atoms with Crippen molar-refractivity contribution in [1.29, 1.82) is 0 Å². The van der Waals surface area contributed by atoms with E-state index >= 15 is 0 Å². The van der Waals surface area contributed by atoms with E-state index in [0.29, 0.717) is 35.3 Å². The Balaban J connectivity index is 2.14. The molecule has 0 aliphatic rings. The van der Waals surface area contributed by atoms with Gasteiger partial charge >= 0.3 is 0 Å². The molecule has 0 heterocycles. The van der Waals surface area contributed by atoms with Crippen molar-refractivity contribution >= 4 is 46.8 Å². The molecule has 7 heteroatoms. The number of halogens is 2. The molecule has 1 N–H and O–H groups in total. The summed E-state index contributed by atoms with van der Waals surface area (Å²) in [4.78, 5) is 27.3. The fraction of sp³-hybridized carbons (Fsp3) is 0.364. The molecule has 0 aliphatic heterocycles. The summed E-state index contributed by atoms with van der Waals surface area (Å²) in [7, 11) is 0. The first-order chi connectivity index (χ1) is 14.0. The van der Waals surface area contributed by atoms with Crippen LogP contribution in [0.15, 0.2) is 48.5 Å². The van der Waals surface area contributed by atoms with Crippen molar-refractivity contribution in [3.05, 3.63) is 69.7 Å². The van der Waals surface area contributed by atoms with Crippen LogP contribution in [0.2, 0.25) is 10.0 Å². The Morgan fingerprint density at radius 3 is 2.14 bits per heavy atom. The van der Waals surface area contributed by atoms with Gasteiger partial charge in [0.2, 0.25) is 11.8 Å². The molecule has 2 amide bonds. The fourth-order valence-corrected chi connectivity index (χ4v) is 4.36. The van der Waals surface area contributed by atoms with Crippen molar-refractivity contribution in [3.8, 4) is 0 Å². The number of hydrogen-bond acceptors (Lipinski definition) is 3. The number of rotatable bonds is 10. The predicted molar refractivity (Wildman–Crippen MR) is 122 cm³/mol. The van der Waals surface area contributed by atoms with Crippen molar-refractivity contribution in [3.63, 3.8) is 0 Å². The van der Waals surface area contributed by atoms with E-state index in [9.17, 15) is 9.59 Å². The maximum Gasteiger partial charge on any atom is 0.242 e. The van der Waals surface area contributed by atoms with E-state index in [-0.39, 0.29) is 17.6 Å². The van der Waals surface area contributed by atoms with Crippen LogP contribution < -0.4 is 5.32 Å². The summed E-state index contributed by atoms with van der Waals surface area (Å²) < 4.78 is 0. The summed E-state index contributed by atoms with van der Waals surface area (Å²) in [5.74, 6) is 0.640. The van der Waals surface area contributed by atoms with Crippen LogP contribution in [0.1, 0.15) is 31.4 Å². The number of amides is 2. The normalized spacial score (nSPS) is 11.7. The minimum atomic E-state index is -0.542. The van der Waals surface area contributed by atoms with E-state index in [0.717, 1.165) is 11.1 Å². The van der Waals surface area contributed by atoms with Crippen LogP contribution in [0.25, 0.3) is 0 Å². The molecule has 0 bridgehead atoms. The van der Waals surface area contributed by atoms with Crippen LogP contribution >= 0.6 is 35.0 Å².